The predicted octanol–water partition coefficient (Wildman–Crippen LogP) is 2.43. The molecule has 3 nitrogen and oxygen atoms in total. The lowest BCUT2D eigenvalue weighted by Gasteiger charge is -2.11. The summed E-state index contributed by atoms with van der Waals surface area (Å²) in [5.74, 6) is 0. The van der Waals surface area contributed by atoms with E-state index in [1.807, 2.05) is 0 Å². The number of urea groups is 1. The number of benzene rings is 1. The van der Waals surface area contributed by atoms with Gasteiger partial charge in [-0.25, -0.2) is 4.79 Å². The maximum absolute atomic E-state index is 11.8. The first-order valence-corrected chi connectivity index (χ1v) is 3.76. The first-order valence-electron chi connectivity index (χ1n) is 6.39. The van der Waals surface area contributed by atoms with Crippen LogP contribution in [0.3, 0.4) is 0 Å². The Morgan fingerprint density at radius 2 is 2.08 bits per heavy atom. The average molecular weight is 205 g/mol. The molecule has 0 unspecified atom stereocenters. The Morgan fingerprint density at radius 3 is 2.62 bits per heavy atom. The predicted molar refractivity (Wildman–Crippen MR) is 54.2 cm³/mol. The molecule has 0 saturated carbocycles. The standard InChI is InChI=1S/C9H11ClN2O/c1-12(2)9(13)11-8-5-3-7(10)4-6-8/h3-6H,1-2H3,(H,11,13)/i1D3,2D3. The molecule has 1 aromatic rings. The summed E-state index contributed by atoms with van der Waals surface area (Å²) in [5.41, 5.74) is 0.243. The molecule has 0 bridgehead atoms. The molecule has 4 heteroatoms. The van der Waals surface area contributed by atoms with Gasteiger partial charge < -0.3 is 10.2 Å². The van der Waals surface area contributed by atoms with Gasteiger partial charge >= 0.3 is 6.03 Å². The van der Waals surface area contributed by atoms with Gasteiger partial charge in [0.2, 0.25) is 0 Å². The lowest BCUT2D eigenvalue weighted by atomic mass is 10.3. The highest BCUT2D eigenvalue weighted by Crippen LogP contribution is 2.13. The van der Waals surface area contributed by atoms with Gasteiger partial charge in [0.15, 0.2) is 0 Å². The summed E-state index contributed by atoms with van der Waals surface area (Å²) >= 11 is 5.65. The van der Waals surface area contributed by atoms with E-state index in [1.165, 1.54) is 24.3 Å². The van der Waals surface area contributed by atoms with E-state index in [1.54, 1.807) is 0 Å². The van der Waals surface area contributed by atoms with Crippen LogP contribution in [0.4, 0.5) is 10.5 Å². The molecule has 0 aliphatic heterocycles. The van der Waals surface area contributed by atoms with Crippen LogP contribution in [0.5, 0.6) is 0 Å². The quantitative estimate of drug-likeness (QED) is 0.749. The summed E-state index contributed by atoms with van der Waals surface area (Å²) < 4.78 is 42.6. The minimum atomic E-state index is -3.07. The largest absolute Gasteiger partial charge is 0.331 e. The molecule has 0 heterocycles. The Bertz CT molecular complexity index is 441. The van der Waals surface area contributed by atoms with Crippen LogP contribution >= 0.6 is 11.6 Å². The minimum Gasteiger partial charge on any atom is -0.331 e. The van der Waals surface area contributed by atoms with Gasteiger partial charge in [0.25, 0.3) is 0 Å². The van der Waals surface area contributed by atoms with Crippen molar-refractivity contribution in [3.63, 3.8) is 0 Å². The molecule has 1 N–H and O–H groups in total. The number of carbonyl (C=O) groups is 1. The molecular formula is C9H11ClN2O. The van der Waals surface area contributed by atoms with Gasteiger partial charge in [-0.2, -0.15) is 0 Å². The van der Waals surface area contributed by atoms with Gasteiger partial charge in [0, 0.05) is 32.9 Å². The summed E-state index contributed by atoms with van der Waals surface area (Å²) in [4.78, 5) is 11.6. The molecule has 70 valence electrons. The van der Waals surface area contributed by atoms with E-state index >= 15 is 0 Å². The zero-order chi connectivity index (χ0) is 14.8. The van der Waals surface area contributed by atoms with Crippen molar-refractivity contribution in [3.05, 3.63) is 29.3 Å². The number of carbonyl (C=O) groups excluding carboxylic acids is 1. The van der Waals surface area contributed by atoms with Crippen molar-refractivity contribution in [1.29, 1.82) is 0 Å². The third kappa shape index (κ3) is 2.95. The molecule has 13 heavy (non-hydrogen) atoms. The van der Waals surface area contributed by atoms with Gasteiger partial charge in [-0.05, 0) is 24.3 Å². The fraction of sp³-hybridized carbons (Fsp3) is 0.222. The maximum atomic E-state index is 11.8. The van der Waals surface area contributed by atoms with Crippen LogP contribution < -0.4 is 5.32 Å². The molecule has 0 atom stereocenters. The molecule has 0 radical (unpaired) electrons. The van der Waals surface area contributed by atoms with Crippen LogP contribution in [0.1, 0.15) is 8.22 Å². The number of nitrogens with one attached hydrogen (secondary N) is 1. The van der Waals surface area contributed by atoms with Gasteiger partial charge in [-0.15, -0.1) is 0 Å². The third-order valence-corrected chi connectivity index (χ3v) is 1.55. The second kappa shape index (κ2) is 4.14. The summed E-state index contributed by atoms with van der Waals surface area (Å²) in [6.45, 7) is -6.14. The van der Waals surface area contributed by atoms with E-state index in [9.17, 15) is 4.79 Å². The number of halogens is 1. The minimum absolute atomic E-state index is 0.158. The molecule has 2 amide bonds. The number of nitrogens with zero attached hydrogens (tertiary/aromatic N) is 1. The van der Waals surface area contributed by atoms with Crippen molar-refractivity contribution in [2.24, 2.45) is 0 Å². The van der Waals surface area contributed by atoms with Crippen LogP contribution in [0.2, 0.25) is 5.02 Å². The zero-order valence-electron chi connectivity index (χ0n) is 12.5. The molecular weight excluding hydrogens is 188 g/mol. The maximum Gasteiger partial charge on any atom is 0.321 e. The van der Waals surface area contributed by atoms with Gasteiger partial charge in [0.1, 0.15) is 0 Å². The second-order valence-corrected chi connectivity index (χ2v) is 2.71. The Labute approximate surface area is 90.7 Å². The van der Waals surface area contributed by atoms with Crippen molar-refractivity contribution in [2.75, 3.05) is 19.3 Å². The molecule has 0 aliphatic carbocycles. The van der Waals surface area contributed by atoms with E-state index in [-0.39, 0.29) is 10.6 Å². The average Bonchev–Trinajstić information content (AvgIpc) is 2.16. The van der Waals surface area contributed by atoms with Crippen molar-refractivity contribution >= 4 is 23.3 Å². The molecule has 0 saturated heterocycles. The Kier molecular flexibility index (Phi) is 1.38. The Hall–Kier alpha value is -1.22. The monoisotopic (exact) mass is 204 g/mol. The van der Waals surface area contributed by atoms with Crippen LogP contribution in [-0.2, 0) is 0 Å². The Balaban J connectivity index is 2.93. The van der Waals surface area contributed by atoms with Crippen LogP contribution in [0.15, 0.2) is 24.3 Å². The number of hydrogen-bond acceptors (Lipinski definition) is 1. The van der Waals surface area contributed by atoms with Crippen LogP contribution in [-0.4, -0.2) is 24.9 Å². The van der Waals surface area contributed by atoms with Crippen molar-refractivity contribution in [2.45, 2.75) is 0 Å². The normalized spacial score (nSPS) is 18.2. The van der Waals surface area contributed by atoms with Gasteiger partial charge in [-0.1, -0.05) is 11.6 Å². The smallest absolute Gasteiger partial charge is 0.321 e. The summed E-state index contributed by atoms with van der Waals surface area (Å²) in [7, 11) is 0. The summed E-state index contributed by atoms with van der Waals surface area (Å²) in [5, 5.41) is 2.62. The molecule has 1 aromatic carbocycles. The fourth-order valence-corrected chi connectivity index (χ4v) is 0.839. The SMILES string of the molecule is [2H]C([2H])([2H])N(C(=O)Nc1ccc(Cl)cc1)C([2H])([2H])[2H]. The van der Waals surface area contributed by atoms with E-state index in [4.69, 9.17) is 19.8 Å². The summed E-state index contributed by atoms with van der Waals surface area (Å²) in [6, 6.07) is 4.58. The zero-order valence-corrected chi connectivity index (χ0v) is 7.30. The first-order chi connectivity index (χ1) is 8.51. The number of amides is 2. The van der Waals surface area contributed by atoms with Gasteiger partial charge in [0.05, 0.1) is 0 Å². The Morgan fingerprint density at radius 1 is 1.46 bits per heavy atom. The van der Waals surface area contributed by atoms with Crippen molar-refractivity contribution < 1.29 is 13.0 Å². The highest BCUT2D eigenvalue weighted by Gasteiger charge is 2.02. The second-order valence-electron chi connectivity index (χ2n) is 2.27. The summed E-state index contributed by atoms with van der Waals surface area (Å²) in [6.07, 6.45) is 0. The highest BCUT2D eigenvalue weighted by atomic mass is 35.5. The van der Waals surface area contributed by atoms with E-state index in [2.05, 4.69) is 5.32 Å². The van der Waals surface area contributed by atoms with Gasteiger partial charge in [-0.3, -0.25) is 0 Å². The lowest BCUT2D eigenvalue weighted by Crippen LogP contribution is -2.27. The van der Waals surface area contributed by atoms with Crippen molar-refractivity contribution in [1.82, 2.24) is 4.90 Å². The molecule has 0 spiro atoms. The number of hydrogen-bond donors (Lipinski definition) is 1. The lowest BCUT2D eigenvalue weighted by molar-refractivity contribution is 0.230. The van der Waals surface area contributed by atoms with E-state index < -0.39 is 20.0 Å². The number of rotatable bonds is 1. The van der Waals surface area contributed by atoms with E-state index in [0.29, 0.717) is 5.02 Å². The molecule has 0 fully saturated rings. The van der Waals surface area contributed by atoms with Crippen molar-refractivity contribution in [3.8, 4) is 0 Å². The fourth-order valence-electron chi connectivity index (χ4n) is 0.713. The molecule has 0 aromatic heterocycles. The van der Waals surface area contributed by atoms with Crippen LogP contribution in [0, 0.1) is 0 Å². The van der Waals surface area contributed by atoms with Crippen LogP contribution in [0.25, 0.3) is 0 Å². The number of anilines is 1. The van der Waals surface area contributed by atoms with E-state index in [0.717, 1.165) is 0 Å². The first kappa shape index (κ1) is 4.33. The molecule has 1 rings (SSSR count). The molecule has 0 aliphatic rings. The third-order valence-electron chi connectivity index (χ3n) is 1.30. The highest BCUT2D eigenvalue weighted by molar-refractivity contribution is 6.30. The topological polar surface area (TPSA) is 32.3 Å².